The van der Waals surface area contributed by atoms with Crippen LogP contribution >= 0.6 is 23.2 Å². The first-order valence-corrected chi connectivity index (χ1v) is 9.16. The Hall–Kier alpha value is -1.50. The molecular weight excluding hydrogens is 365 g/mol. The number of piperazine rings is 1. The molecule has 1 aromatic carbocycles. The second-order valence-corrected chi connectivity index (χ2v) is 7.11. The van der Waals surface area contributed by atoms with Crippen molar-refractivity contribution in [1.82, 2.24) is 15.1 Å². The van der Waals surface area contributed by atoms with Gasteiger partial charge in [0, 0.05) is 43.3 Å². The highest BCUT2D eigenvalue weighted by atomic mass is 35.5. The molecule has 0 aromatic heterocycles. The van der Waals surface area contributed by atoms with Crippen molar-refractivity contribution in [2.24, 2.45) is 0 Å². The third kappa shape index (κ3) is 4.57. The quantitative estimate of drug-likeness (QED) is 0.857. The van der Waals surface area contributed by atoms with E-state index in [0.717, 1.165) is 19.4 Å². The lowest BCUT2D eigenvalue weighted by atomic mass is 10.0. The van der Waals surface area contributed by atoms with Crippen molar-refractivity contribution in [3.8, 4) is 5.75 Å². The second kappa shape index (κ2) is 8.25. The Morgan fingerprint density at radius 2 is 2.16 bits per heavy atom. The van der Waals surface area contributed by atoms with Crippen molar-refractivity contribution < 1.29 is 14.3 Å². The summed E-state index contributed by atoms with van der Waals surface area (Å²) in [4.78, 5) is 28.2. The van der Waals surface area contributed by atoms with E-state index in [2.05, 4.69) is 5.32 Å². The van der Waals surface area contributed by atoms with Crippen LogP contribution in [0.5, 0.6) is 5.75 Å². The highest BCUT2D eigenvalue weighted by molar-refractivity contribution is 6.34. The molecule has 0 spiro atoms. The van der Waals surface area contributed by atoms with E-state index in [-0.39, 0.29) is 24.5 Å². The first kappa shape index (κ1) is 18.3. The number of hydrogen-bond donors (Lipinski definition) is 1. The summed E-state index contributed by atoms with van der Waals surface area (Å²) in [5.41, 5.74) is 0. The molecule has 0 saturated carbocycles. The van der Waals surface area contributed by atoms with Crippen LogP contribution in [0.2, 0.25) is 10.0 Å². The molecule has 2 amide bonds. The van der Waals surface area contributed by atoms with Gasteiger partial charge in [0.05, 0.1) is 11.6 Å². The van der Waals surface area contributed by atoms with Crippen LogP contribution in [-0.2, 0) is 9.59 Å². The monoisotopic (exact) mass is 385 g/mol. The Labute approximate surface area is 157 Å². The standard InChI is InChI=1S/C17H21Cl2N3O3/c18-12-3-4-14(19)15(8-12)25-11-17(24)21-6-1-2-13(10-21)22-7-5-20-9-16(22)23/h3-4,8,13,20H,1-2,5-7,9-11H2. The topological polar surface area (TPSA) is 61.9 Å². The van der Waals surface area contributed by atoms with Gasteiger partial charge in [-0.2, -0.15) is 0 Å². The van der Waals surface area contributed by atoms with Gasteiger partial charge in [-0.05, 0) is 25.0 Å². The van der Waals surface area contributed by atoms with Gasteiger partial charge >= 0.3 is 0 Å². The fourth-order valence-electron chi connectivity index (χ4n) is 3.26. The fraction of sp³-hybridized carbons (Fsp3) is 0.529. The van der Waals surface area contributed by atoms with E-state index >= 15 is 0 Å². The molecule has 1 atom stereocenters. The van der Waals surface area contributed by atoms with Gasteiger partial charge in [0.25, 0.3) is 5.91 Å². The summed E-state index contributed by atoms with van der Waals surface area (Å²) in [5.74, 6) is 0.393. The largest absolute Gasteiger partial charge is 0.482 e. The van der Waals surface area contributed by atoms with E-state index in [0.29, 0.717) is 42.0 Å². The van der Waals surface area contributed by atoms with Crippen molar-refractivity contribution >= 4 is 35.0 Å². The SMILES string of the molecule is O=C(COc1cc(Cl)ccc1Cl)N1CCCC(N2CCNCC2=O)C1. The molecule has 2 aliphatic heterocycles. The highest BCUT2D eigenvalue weighted by Crippen LogP contribution is 2.27. The van der Waals surface area contributed by atoms with E-state index in [4.69, 9.17) is 27.9 Å². The Kier molecular flexibility index (Phi) is 6.04. The molecule has 2 fully saturated rings. The maximum Gasteiger partial charge on any atom is 0.260 e. The van der Waals surface area contributed by atoms with Crippen LogP contribution in [-0.4, -0.2) is 67.0 Å². The first-order valence-electron chi connectivity index (χ1n) is 8.40. The second-order valence-electron chi connectivity index (χ2n) is 6.26. The number of halogens is 2. The van der Waals surface area contributed by atoms with Gasteiger partial charge in [-0.15, -0.1) is 0 Å². The summed E-state index contributed by atoms with van der Waals surface area (Å²) in [5, 5.41) is 3.99. The van der Waals surface area contributed by atoms with E-state index < -0.39 is 0 Å². The summed E-state index contributed by atoms with van der Waals surface area (Å²) >= 11 is 12.0. The number of carbonyl (C=O) groups is 2. The number of benzene rings is 1. The number of hydrogen-bond acceptors (Lipinski definition) is 4. The summed E-state index contributed by atoms with van der Waals surface area (Å²) in [7, 11) is 0. The Balaban J connectivity index is 1.56. The third-order valence-corrected chi connectivity index (χ3v) is 5.11. The Morgan fingerprint density at radius 3 is 2.96 bits per heavy atom. The number of carbonyl (C=O) groups excluding carboxylic acids is 2. The molecule has 0 aliphatic carbocycles. The lowest BCUT2D eigenvalue weighted by Crippen LogP contribution is -2.57. The van der Waals surface area contributed by atoms with Gasteiger partial charge in [0.15, 0.2) is 6.61 Å². The van der Waals surface area contributed by atoms with Gasteiger partial charge < -0.3 is 19.9 Å². The number of nitrogens with zero attached hydrogens (tertiary/aromatic N) is 2. The van der Waals surface area contributed by atoms with E-state index in [9.17, 15) is 9.59 Å². The molecule has 1 aromatic rings. The van der Waals surface area contributed by atoms with Gasteiger partial charge in [0.2, 0.25) is 5.91 Å². The summed E-state index contributed by atoms with van der Waals surface area (Å²) in [6.45, 7) is 3.01. The minimum atomic E-state index is -0.108. The number of piperidine rings is 1. The molecule has 6 nitrogen and oxygen atoms in total. The van der Waals surface area contributed by atoms with Crippen molar-refractivity contribution in [3.63, 3.8) is 0 Å². The van der Waals surface area contributed by atoms with Crippen LogP contribution in [0.1, 0.15) is 12.8 Å². The van der Waals surface area contributed by atoms with Crippen LogP contribution in [0.15, 0.2) is 18.2 Å². The smallest absolute Gasteiger partial charge is 0.260 e. The maximum absolute atomic E-state index is 12.5. The molecule has 3 rings (SSSR count). The van der Waals surface area contributed by atoms with Crippen LogP contribution in [0.25, 0.3) is 0 Å². The van der Waals surface area contributed by atoms with Crippen LogP contribution < -0.4 is 10.1 Å². The molecule has 0 radical (unpaired) electrons. The van der Waals surface area contributed by atoms with Crippen molar-refractivity contribution in [3.05, 3.63) is 28.2 Å². The average molecular weight is 386 g/mol. The molecule has 136 valence electrons. The maximum atomic E-state index is 12.5. The molecule has 0 bridgehead atoms. The van der Waals surface area contributed by atoms with Crippen molar-refractivity contribution in [1.29, 1.82) is 0 Å². The van der Waals surface area contributed by atoms with Gasteiger partial charge in [-0.3, -0.25) is 9.59 Å². The van der Waals surface area contributed by atoms with E-state index in [1.54, 1.807) is 23.1 Å². The summed E-state index contributed by atoms with van der Waals surface area (Å²) in [6.07, 6.45) is 1.81. The predicted molar refractivity (Wildman–Crippen MR) is 96.1 cm³/mol. The number of likely N-dealkylation sites (tertiary alicyclic amines) is 1. The summed E-state index contributed by atoms with van der Waals surface area (Å²) in [6, 6.07) is 4.98. The molecule has 2 aliphatic rings. The van der Waals surface area contributed by atoms with Gasteiger partial charge in [0.1, 0.15) is 5.75 Å². The van der Waals surface area contributed by atoms with Crippen molar-refractivity contribution in [2.75, 3.05) is 39.3 Å². The Morgan fingerprint density at radius 1 is 1.32 bits per heavy atom. The Bertz CT molecular complexity index is 656. The zero-order chi connectivity index (χ0) is 17.8. The van der Waals surface area contributed by atoms with Crippen LogP contribution in [0.4, 0.5) is 0 Å². The average Bonchev–Trinajstić information content (AvgIpc) is 2.62. The lowest BCUT2D eigenvalue weighted by molar-refractivity contribution is -0.141. The summed E-state index contributed by atoms with van der Waals surface area (Å²) < 4.78 is 5.54. The molecule has 1 unspecified atom stereocenters. The molecular formula is C17H21Cl2N3O3. The lowest BCUT2D eigenvalue weighted by Gasteiger charge is -2.41. The molecule has 1 N–H and O–H groups in total. The molecule has 25 heavy (non-hydrogen) atoms. The van der Waals surface area contributed by atoms with E-state index in [1.807, 2.05) is 4.90 Å². The number of amides is 2. The zero-order valence-corrected chi connectivity index (χ0v) is 15.4. The number of ether oxygens (including phenoxy) is 1. The third-order valence-electron chi connectivity index (χ3n) is 4.56. The van der Waals surface area contributed by atoms with Crippen LogP contribution in [0.3, 0.4) is 0 Å². The van der Waals surface area contributed by atoms with E-state index in [1.165, 1.54) is 0 Å². The van der Waals surface area contributed by atoms with Gasteiger partial charge in [-0.1, -0.05) is 23.2 Å². The minimum absolute atomic E-state index is 0.0852. The molecule has 2 saturated heterocycles. The number of rotatable bonds is 4. The molecule has 2 heterocycles. The van der Waals surface area contributed by atoms with Crippen LogP contribution in [0, 0.1) is 0 Å². The normalized spacial score (nSPS) is 21.4. The first-order chi connectivity index (χ1) is 12.0. The zero-order valence-electron chi connectivity index (χ0n) is 13.8. The van der Waals surface area contributed by atoms with Crippen molar-refractivity contribution in [2.45, 2.75) is 18.9 Å². The molecule has 8 heteroatoms. The predicted octanol–water partition coefficient (Wildman–Crippen LogP) is 1.79. The number of nitrogens with one attached hydrogen (secondary N) is 1. The highest BCUT2D eigenvalue weighted by Gasteiger charge is 2.31. The van der Waals surface area contributed by atoms with Gasteiger partial charge in [-0.25, -0.2) is 0 Å². The minimum Gasteiger partial charge on any atom is -0.482 e. The fourth-order valence-corrected chi connectivity index (χ4v) is 3.60.